The molecule has 1 aromatic carbocycles. The Morgan fingerprint density at radius 2 is 1.91 bits per heavy atom. The third-order valence-electron chi connectivity index (χ3n) is 7.04. The van der Waals surface area contributed by atoms with Gasteiger partial charge in [0.1, 0.15) is 5.82 Å². The second kappa shape index (κ2) is 10.5. The van der Waals surface area contributed by atoms with Gasteiger partial charge in [0.25, 0.3) is 0 Å². The third kappa shape index (κ3) is 6.02. The van der Waals surface area contributed by atoms with E-state index in [0.29, 0.717) is 18.4 Å². The summed E-state index contributed by atoms with van der Waals surface area (Å²) in [6, 6.07) is 8.57. The summed E-state index contributed by atoms with van der Waals surface area (Å²) in [6.45, 7) is 4.89. The van der Waals surface area contributed by atoms with Crippen molar-refractivity contribution in [3.63, 3.8) is 0 Å². The first kappa shape index (κ1) is 22.1. The number of amides is 1. The van der Waals surface area contributed by atoms with E-state index in [1.54, 1.807) is 0 Å². The zero-order valence-corrected chi connectivity index (χ0v) is 19.5. The van der Waals surface area contributed by atoms with Crippen LogP contribution >= 0.6 is 0 Å². The van der Waals surface area contributed by atoms with Crippen LogP contribution in [0.4, 0.5) is 17.5 Å². The van der Waals surface area contributed by atoms with E-state index in [-0.39, 0.29) is 11.8 Å². The van der Waals surface area contributed by atoms with Crippen molar-refractivity contribution in [2.24, 2.45) is 5.92 Å². The van der Waals surface area contributed by atoms with Crippen molar-refractivity contribution in [2.45, 2.75) is 63.8 Å². The summed E-state index contributed by atoms with van der Waals surface area (Å²) in [5, 5.41) is 9.97. The largest absolute Gasteiger partial charge is 0.370 e. The Hall–Kier alpha value is -2.67. The molecule has 1 saturated heterocycles. The molecular formula is C26H36N6O. The number of aromatic nitrogens is 2. The van der Waals surface area contributed by atoms with Gasteiger partial charge in [-0.05, 0) is 81.6 Å². The highest BCUT2D eigenvalue weighted by atomic mass is 16.1. The van der Waals surface area contributed by atoms with Gasteiger partial charge in [0.2, 0.25) is 11.9 Å². The molecule has 3 fully saturated rings. The Bertz CT molecular complexity index is 950. The molecule has 1 amide bonds. The van der Waals surface area contributed by atoms with Gasteiger partial charge in [-0.2, -0.15) is 4.98 Å². The maximum absolute atomic E-state index is 12.0. The van der Waals surface area contributed by atoms with E-state index in [1.807, 2.05) is 6.20 Å². The third-order valence-corrected chi connectivity index (χ3v) is 7.04. The number of nitrogens with one attached hydrogen (secondary N) is 3. The lowest BCUT2D eigenvalue weighted by Crippen LogP contribution is -2.35. The van der Waals surface area contributed by atoms with Crippen molar-refractivity contribution < 1.29 is 4.79 Å². The average molecular weight is 449 g/mol. The summed E-state index contributed by atoms with van der Waals surface area (Å²) in [5.41, 5.74) is 3.55. The van der Waals surface area contributed by atoms with E-state index < -0.39 is 0 Å². The van der Waals surface area contributed by atoms with Crippen LogP contribution in [-0.4, -0.2) is 47.0 Å². The molecule has 5 rings (SSSR count). The van der Waals surface area contributed by atoms with Crippen molar-refractivity contribution in [2.75, 3.05) is 36.8 Å². The van der Waals surface area contributed by atoms with Gasteiger partial charge in [0.05, 0.1) is 0 Å². The first-order valence-electron chi connectivity index (χ1n) is 12.7. The smallest absolute Gasteiger partial charge is 0.229 e. The maximum atomic E-state index is 12.0. The van der Waals surface area contributed by atoms with Crippen LogP contribution in [-0.2, 0) is 11.3 Å². The van der Waals surface area contributed by atoms with E-state index in [2.05, 4.69) is 50.1 Å². The molecule has 0 unspecified atom stereocenters. The van der Waals surface area contributed by atoms with Crippen LogP contribution in [0.5, 0.6) is 0 Å². The second-order valence-electron chi connectivity index (χ2n) is 9.78. The SMILES string of the molecule is O=C(NCCCNc1nc(Nc2cccc(CN3CCCC3)c2)ncc1C1CC1)C1CCC1. The fourth-order valence-electron chi connectivity index (χ4n) is 4.68. The molecule has 0 bridgehead atoms. The number of hydrogen-bond donors (Lipinski definition) is 3. The minimum absolute atomic E-state index is 0.223. The highest BCUT2D eigenvalue weighted by molar-refractivity contribution is 5.79. The molecule has 3 aliphatic rings. The monoisotopic (exact) mass is 448 g/mol. The fourth-order valence-corrected chi connectivity index (χ4v) is 4.68. The molecule has 0 spiro atoms. The Morgan fingerprint density at radius 3 is 2.67 bits per heavy atom. The Balaban J connectivity index is 1.16. The quantitative estimate of drug-likeness (QED) is 0.442. The molecule has 7 heteroatoms. The predicted molar refractivity (Wildman–Crippen MR) is 132 cm³/mol. The fraction of sp³-hybridized carbons (Fsp3) is 0.577. The van der Waals surface area contributed by atoms with E-state index in [9.17, 15) is 4.79 Å². The van der Waals surface area contributed by atoms with Crippen molar-refractivity contribution >= 4 is 23.4 Å². The summed E-state index contributed by atoms with van der Waals surface area (Å²) in [4.78, 5) is 23.9. The summed E-state index contributed by atoms with van der Waals surface area (Å²) < 4.78 is 0. The Morgan fingerprint density at radius 1 is 1.06 bits per heavy atom. The molecule has 33 heavy (non-hydrogen) atoms. The number of carbonyl (C=O) groups is 1. The van der Waals surface area contributed by atoms with Gasteiger partial charge in [-0.3, -0.25) is 9.69 Å². The molecule has 1 aliphatic heterocycles. The molecule has 2 heterocycles. The molecule has 3 N–H and O–H groups in total. The number of nitrogens with zero attached hydrogens (tertiary/aromatic N) is 3. The van der Waals surface area contributed by atoms with Crippen LogP contribution in [0.2, 0.25) is 0 Å². The summed E-state index contributed by atoms with van der Waals surface area (Å²) in [7, 11) is 0. The minimum Gasteiger partial charge on any atom is -0.370 e. The summed E-state index contributed by atoms with van der Waals surface area (Å²) in [5.74, 6) is 2.60. The second-order valence-corrected chi connectivity index (χ2v) is 9.78. The highest BCUT2D eigenvalue weighted by Gasteiger charge is 2.28. The molecule has 1 aromatic heterocycles. The molecule has 0 atom stereocenters. The molecule has 176 valence electrons. The first-order chi connectivity index (χ1) is 16.2. The zero-order valence-electron chi connectivity index (χ0n) is 19.5. The van der Waals surface area contributed by atoms with Gasteiger partial charge in [-0.15, -0.1) is 0 Å². The van der Waals surface area contributed by atoms with Crippen LogP contribution in [0, 0.1) is 5.92 Å². The van der Waals surface area contributed by atoms with Gasteiger partial charge in [0.15, 0.2) is 0 Å². The number of carbonyl (C=O) groups excluding carboxylic acids is 1. The van der Waals surface area contributed by atoms with Gasteiger partial charge in [0, 0.05) is 43.0 Å². The topological polar surface area (TPSA) is 82.2 Å². The van der Waals surface area contributed by atoms with Crippen LogP contribution in [0.1, 0.15) is 68.4 Å². The van der Waals surface area contributed by atoms with Crippen molar-refractivity contribution in [3.8, 4) is 0 Å². The van der Waals surface area contributed by atoms with Crippen LogP contribution < -0.4 is 16.0 Å². The molecule has 0 radical (unpaired) electrons. The zero-order chi connectivity index (χ0) is 22.5. The van der Waals surface area contributed by atoms with E-state index in [1.165, 1.54) is 56.3 Å². The average Bonchev–Trinajstić information content (AvgIpc) is 3.49. The van der Waals surface area contributed by atoms with Crippen molar-refractivity contribution in [1.29, 1.82) is 0 Å². The Labute approximate surface area is 196 Å². The van der Waals surface area contributed by atoms with Crippen molar-refractivity contribution in [1.82, 2.24) is 20.2 Å². The maximum Gasteiger partial charge on any atom is 0.229 e. The van der Waals surface area contributed by atoms with Crippen LogP contribution in [0.15, 0.2) is 30.5 Å². The number of likely N-dealkylation sites (tertiary alicyclic amines) is 1. The number of benzene rings is 1. The lowest BCUT2D eigenvalue weighted by Gasteiger charge is -2.24. The highest BCUT2D eigenvalue weighted by Crippen LogP contribution is 2.42. The van der Waals surface area contributed by atoms with Crippen LogP contribution in [0.25, 0.3) is 0 Å². The van der Waals surface area contributed by atoms with Gasteiger partial charge >= 0.3 is 0 Å². The van der Waals surface area contributed by atoms with Gasteiger partial charge < -0.3 is 16.0 Å². The lowest BCUT2D eigenvalue weighted by atomic mass is 9.85. The number of hydrogen-bond acceptors (Lipinski definition) is 6. The van der Waals surface area contributed by atoms with E-state index >= 15 is 0 Å². The normalized spacial score (nSPS) is 18.7. The molecule has 7 nitrogen and oxygen atoms in total. The first-order valence-corrected chi connectivity index (χ1v) is 12.7. The standard InChI is InChI=1S/C26H36N6O/c33-25(21-7-4-8-21)28-13-5-12-27-24-23(20-10-11-20)17-29-26(31-24)30-22-9-3-6-19(16-22)18-32-14-1-2-15-32/h3,6,9,16-17,20-21H,1-2,4-5,7-8,10-15,18H2,(H,28,33)(H2,27,29,30,31). The summed E-state index contributed by atoms with van der Waals surface area (Å²) in [6.07, 6.45) is 11.2. The lowest BCUT2D eigenvalue weighted by molar-refractivity contribution is -0.127. The van der Waals surface area contributed by atoms with Gasteiger partial charge in [-0.1, -0.05) is 18.6 Å². The summed E-state index contributed by atoms with van der Waals surface area (Å²) >= 11 is 0. The molecule has 2 aromatic rings. The molecule has 2 saturated carbocycles. The number of rotatable bonds is 11. The molecule has 2 aliphatic carbocycles. The van der Waals surface area contributed by atoms with E-state index in [4.69, 9.17) is 4.98 Å². The van der Waals surface area contributed by atoms with Crippen LogP contribution in [0.3, 0.4) is 0 Å². The number of anilines is 3. The van der Waals surface area contributed by atoms with E-state index in [0.717, 1.165) is 43.9 Å². The van der Waals surface area contributed by atoms with Crippen molar-refractivity contribution in [3.05, 3.63) is 41.6 Å². The Kier molecular flexibility index (Phi) is 7.05. The minimum atomic E-state index is 0.223. The molecular weight excluding hydrogens is 412 g/mol. The predicted octanol–water partition coefficient (Wildman–Crippen LogP) is 4.41. The van der Waals surface area contributed by atoms with Gasteiger partial charge in [-0.25, -0.2) is 4.98 Å².